The highest BCUT2D eigenvalue weighted by molar-refractivity contribution is 6.73. The molecule has 0 bridgehead atoms. The molecular weight excluding hydrogens is 426 g/mol. The van der Waals surface area contributed by atoms with Gasteiger partial charge >= 0.3 is 5.97 Å². The number of esters is 1. The highest BCUT2D eigenvalue weighted by Gasteiger charge is 2.58. The molecule has 0 N–H and O–H groups in total. The maximum absolute atomic E-state index is 12.4. The lowest BCUT2D eigenvalue weighted by Gasteiger charge is -2.46. The van der Waals surface area contributed by atoms with E-state index in [1.54, 1.807) is 6.08 Å². The van der Waals surface area contributed by atoms with Gasteiger partial charge in [-0.3, -0.25) is 0 Å². The van der Waals surface area contributed by atoms with Crippen LogP contribution in [-0.2, 0) is 29.2 Å². The maximum Gasteiger partial charge on any atom is 0.330 e. The molecule has 0 radical (unpaired) electrons. The Kier molecular flexibility index (Phi) is 7.42. The van der Waals surface area contributed by atoms with Crippen LogP contribution in [0.1, 0.15) is 38.4 Å². The zero-order valence-electron chi connectivity index (χ0n) is 19.0. The van der Waals surface area contributed by atoms with Gasteiger partial charge in [-0.15, -0.1) is 6.42 Å². The molecule has 0 saturated carbocycles. The highest BCUT2D eigenvalue weighted by Crippen LogP contribution is 2.53. The van der Waals surface area contributed by atoms with Crippen LogP contribution < -0.4 is 0 Å². The third-order valence-corrected chi connectivity index (χ3v) is 10.9. The van der Waals surface area contributed by atoms with Crippen molar-refractivity contribution >= 4 is 19.9 Å². The molecule has 3 rings (SSSR count). The molecular formula is C24H29NO6Si. The number of methoxy groups -OCH3 is 1. The number of carbonyl (C=O) groups is 1. The van der Waals surface area contributed by atoms with Gasteiger partial charge in [-0.05, 0) is 30.3 Å². The molecule has 0 unspecified atom stereocenters. The molecule has 1 aliphatic carbocycles. The topological polar surface area (TPSA) is 80.0 Å². The van der Waals surface area contributed by atoms with E-state index in [0.717, 1.165) is 18.1 Å². The van der Waals surface area contributed by atoms with Crippen molar-refractivity contribution in [2.24, 2.45) is 0 Å². The fourth-order valence-electron chi connectivity index (χ4n) is 4.30. The van der Waals surface area contributed by atoms with Gasteiger partial charge in [-0.1, -0.05) is 43.7 Å². The van der Waals surface area contributed by atoms with E-state index in [1.807, 2.05) is 0 Å². The Morgan fingerprint density at radius 2 is 1.94 bits per heavy atom. The van der Waals surface area contributed by atoms with E-state index in [-0.39, 0.29) is 6.42 Å². The minimum atomic E-state index is -2.24. The fourth-order valence-corrected chi connectivity index (χ4v) is 7.21. The summed E-state index contributed by atoms with van der Waals surface area (Å²) in [5.41, 5.74) is 0.357. The summed E-state index contributed by atoms with van der Waals surface area (Å²) >= 11 is 0. The third-order valence-electron chi connectivity index (χ3n) is 6.22. The van der Waals surface area contributed by atoms with Crippen molar-refractivity contribution in [1.82, 2.24) is 5.16 Å². The van der Waals surface area contributed by atoms with Crippen LogP contribution in [0.25, 0.3) is 5.57 Å². The number of hydrogen-bond donors (Lipinski definition) is 0. The van der Waals surface area contributed by atoms with Crippen molar-refractivity contribution < 1.29 is 28.0 Å². The molecule has 170 valence electrons. The Morgan fingerprint density at radius 3 is 2.53 bits per heavy atom. The van der Waals surface area contributed by atoms with Gasteiger partial charge in [0.25, 0.3) is 0 Å². The number of fused-ring (bicyclic) bond motifs is 2. The summed E-state index contributed by atoms with van der Waals surface area (Å²) in [4.78, 5) is 12.4. The van der Waals surface area contributed by atoms with Crippen LogP contribution >= 0.6 is 0 Å². The fraction of sp³-hybridized carbons (Fsp3) is 0.500. The Labute approximate surface area is 190 Å². The van der Waals surface area contributed by atoms with Gasteiger partial charge in [0, 0.05) is 11.6 Å². The van der Waals surface area contributed by atoms with Gasteiger partial charge in [-0.2, -0.15) is 0 Å². The van der Waals surface area contributed by atoms with E-state index in [1.165, 1.54) is 25.5 Å². The average Bonchev–Trinajstić information content (AvgIpc) is 3.49. The van der Waals surface area contributed by atoms with Gasteiger partial charge in [0.15, 0.2) is 19.6 Å². The zero-order valence-corrected chi connectivity index (χ0v) is 20.0. The van der Waals surface area contributed by atoms with E-state index in [2.05, 4.69) is 43.7 Å². The van der Waals surface area contributed by atoms with Gasteiger partial charge in [0.1, 0.15) is 6.26 Å². The van der Waals surface area contributed by atoms with Crippen LogP contribution in [0.3, 0.4) is 0 Å². The van der Waals surface area contributed by atoms with Gasteiger partial charge in [-0.25, -0.2) is 4.79 Å². The van der Waals surface area contributed by atoms with Gasteiger partial charge in [0.2, 0.25) is 5.79 Å². The van der Waals surface area contributed by atoms with Crippen molar-refractivity contribution in [2.45, 2.75) is 56.7 Å². The first kappa shape index (κ1) is 24.0. The van der Waals surface area contributed by atoms with Crippen LogP contribution in [0.15, 0.2) is 29.0 Å². The first-order chi connectivity index (χ1) is 15.4. The lowest BCUT2D eigenvalue weighted by molar-refractivity contribution is -0.193. The molecule has 1 aromatic heterocycles. The van der Waals surface area contributed by atoms with E-state index in [4.69, 9.17) is 29.6 Å². The van der Waals surface area contributed by atoms with Gasteiger partial charge < -0.3 is 23.2 Å². The molecule has 1 aliphatic heterocycles. The number of nitrogens with zero attached hydrogens (tertiary/aromatic N) is 1. The molecule has 1 saturated heterocycles. The van der Waals surface area contributed by atoms with Crippen molar-refractivity contribution in [3.8, 4) is 24.2 Å². The molecule has 1 spiro atoms. The first-order valence-corrected chi connectivity index (χ1v) is 13.3. The number of aromatic nitrogens is 1. The summed E-state index contributed by atoms with van der Waals surface area (Å²) in [6.45, 7) is 7.21. The molecule has 1 fully saturated rings. The Hall–Kier alpha value is -2.62. The minimum absolute atomic E-state index is 0.202. The Morgan fingerprint density at radius 1 is 1.25 bits per heavy atom. The average molecular weight is 456 g/mol. The first-order valence-electron chi connectivity index (χ1n) is 10.8. The second-order valence-corrected chi connectivity index (χ2v) is 12.4. The smallest absolute Gasteiger partial charge is 0.330 e. The van der Waals surface area contributed by atoms with Crippen LogP contribution in [0.4, 0.5) is 0 Å². The van der Waals surface area contributed by atoms with E-state index in [0.29, 0.717) is 30.0 Å². The van der Waals surface area contributed by atoms with Crippen LogP contribution in [0.2, 0.25) is 18.1 Å². The molecule has 2 aliphatic rings. The normalized spacial score (nSPS) is 23.0. The molecule has 0 aromatic carbocycles. The molecule has 0 amide bonds. The van der Waals surface area contributed by atoms with Gasteiger partial charge in [0.05, 0.1) is 32.3 Å². The van der Waals surface area contributed by atoms with Crippen molar-refractivity contribution in [2.75, 3.05) is 20.3 Å². The summed E-state index contributed by atoms with van der Waals surface area (Å²) < 4.78 is 29.4. The van der Waals surface area contributed by atoms with Crippen LogP contribution in [-0.4, -0.2) is 45.4 Å². The Balaban J connectivity index is 2.30. The number of allylic oxidation sites excluding steroid dienone is 2. The quantitative estimate of drug-likeness (QED) is 0.279. The molecule has 1 aromatic rings. The standard InChI is InChI=1S/C24H29NO6Si/c1-6-10-11-12-13-23(31-32(7-2,8-3)9-4)18-24(28-14-15-29-24)22-19(17-30-25-22)20(23)16-21(26)27-5/h1,10-11,16-17H,7-9,14-15,18H2,2-5H3/b11-10-,20-16+/t23-/m0/s1. The molecule has 2 heterocycles. The van der Waals surface area contributed by atoms with E-state index >= 15 is 0 Å². The van der Waals surface area contributed by atoms with Crippen LogP contribution in [0, 0.1) is 24.2 Å². The lowest BCUT2D eigenvalue weighted by atomic mass is 9.75. The molecule has 1 atom stereocenters. The second kappa shape index (κ2) is 9.89. The highest BCUT2D eigenvalue weighted by atomic mass is 28.4. The van der Waals surface area contributed by atoms with Crippen LogP contribution in [0.5, 0.6) is 0 Å². The lowest BCUT2D eigenvalue weighted by Crippen LogP contribution is -2.53. The molecule has 8 heteroatoms. The molecule has 32 heavy (non-hydrogen) atoms. The third kappa shape index (κ3) is 4.32. The number of rotatable bonds is 6. The number of hydrogen-bond acceptors (Lipinski definition) is 7. The monoisotopic (exact) mass is 455 g/mol. The summed E-state index contributed by atoms with van der Waals surface area (Å²) in [5, 5.41) is 4.16. The predicted molar refractivity (Wildman–Crippen MR) is 121 cm³/mol. The number of terminal acetylenes is 1. The summed E-state index contributed by atoms with van der Waals surface area (Å²) in [5.74, 6) is 7.01. The minimum Gasteiger partial charge on any atom is -0.466 e. The largest absolute Gasteiger partial charge is 0.466 e. The van der Waals surface area contributed by atoms with E-state index in [9.17, 15) is 4.79 Å². The number of carbonyl (C=O) groups excluding carboxylic acids is 1. The zero-order chi connectivity index (χ0) is 23.2. The Bertz CT molecular complexity index is 989. The SMILES string of the molecule is C#C/C=C\C#C[C@]1(O[Si](CC)(CC)CC)CC2(OCCO2)c2nocc2/C1=C\C(=O)OC. The summed E-state index contributed by atoms with van der Waals surface area (Å²) in [6.07, 6.45) is 11.5. The second-order valence-electron chi connectivity index (χ2n) is 7.73. The van der Waals surface area contributed by atoms with Crippen molar-refractivity contribution in [1.29, 1.82) is 0 Å². The van der Waals surface area contributed by atoms with Crippen molar-refractivity contribution in [3.63, 3.8) is 0 Å². The molecule has 7 nitrogen and oxygen atoms in total. The number of ether oxygens (including phenoxy) is 3. The predicted octanol–water partition coefficient (Wildman–Crippen LogP) is 3.79. The maximum atomic E-state index is 12.4. The summed E-state index contributed by atoms with van der Waals surface area (Å²) in [7, 11) is -0.911. The van der Waals surface area contributed by atoms with E-state index < -0.39 is 25.7 Å². The summed E-state index contributed by atoms with van der Waals surface area (Å²) in [6, 6.07) is 2.67. The van der Waals surface area contributed by atoms with Crippen molar-refractivity contribution in [3.05, 3.63) is 35.7 Å².